The maximum atomic E-state index is 5.88. The Kier molecular flexibility index (Phi) is 4.47. The van der Waals surface area contributed by atoms with Crippen LogP contribution in [0.3, 0.4) is 0 Å². The highest BCUT2D eigenvalue weighted by Crippen LogP contribution is 2.37. The van der Waals surface area contributed by atoms with E-state index in [-0.39, 0.29) is 0 Å². The lowest BCUT2D eigenvalue weighted by atomic mass is 9.93. The van der Waals surface area contributed by atoms with Gasteiger partial charge in [0, 0.05) is 12.0 Å². The molecule has 2 rings (SSSR count). The van der Waals surface area contributed by atoms with E-state index < -0.39 is 5.66 Å². The van der Waals surface area contributed by atoms with Crippen LogP contribution in [0.4, 0.5) is 0 Å². The van der Waals surface area contributed by atoms with Gasteiger partial charge < -0.3 is 20.9 Å². The van der Waals surface area contributed by atoms with Gasteiger partial charge in [-0.05, 0) is 31.6 Å². The fourth-order valence-corrected chi connectivity index (χ4v) is 2.17. The lowest BCUT2D eigenvalue weighted by Gasteiger charge is -2.24. The van der Waals surface area contributed by atoms with Crippen molar-refractivity contribution < 1.29 is 9.47 Å². The standard InChI is InChI=1S/C16H22N2O2/c1-3-19-14-7-5-6-13(15(14)20-4-2)12-8-10-16(17,18)11-9-12/h5-10H,3-4,11,17-18H2,1-2H3. The molecular weight excluding hydrogens is 252 g/mol. The Bertz CT molecular complexity index is 533. The molecule has 0 aromatic heterocycles. The smallest absolute Gasteiger partial charge is 0.168 e. The molecule has 0 radical (unpaired) electrons. The average Bonchev–Trinajstić information content (AvgIpc) is 2.41. The highest BCUT2D eigenvalue weighted by atomic mass is 16.5. The molecule has 1 aliphatic rings. The third-order valence-corrected chi connectivity index (χ3v) is 3.13. The molecular formula is C16H22N2O2. The first kappa shape index (κ1) is 14.6. The van der Waals surface area contributed by atoms with Gasteiger partial charge in [-0.3, -0.25) is 0 Å². The molecule has 0 spiro atoms. The van der Waals surface area contributed by atoms with Gasteiger partial charge in [0.1, 0.15) is 0 Å². The minimum Gasteiger partial charge on any atom is -0.490 e. The molecule has 0 fully saturated rings. The summed E-state index contributed by atoms with van der Waals surface area (Å²) in [5.74, 6) is 1.53. The van der Waals surface area contributed by atoms with Crippen LogP contribution in [-0.2, 0) is 0 Å². The van der Waals surface area contributed by atoms with Crippen molar-refractivity contribution >= 4 is 5.57 Å². The molecule has 0 saturated heterocycles. The molecule has 0 bridgehead atoms. The van der Waals surface area contributed by atoms with Crippen LogP contribution in [0.15, 0.2) is 36.4 Å². The van der Waals surface area contributed by atoms with E-state index in [1.54, 1.807) is 0 Å². The second-order valence-corrected chi connectivity index (χ2v) is 4.81. The molecule has 4 nitrogen and oxygen atoms in total. The summed E-state index contributed by atoms with van der Waals surface area (Å²) in [6.07, 6.45) is 6.40. The Hall–Kier alpha value is -1.78. The zero-order chi connectivity index (χ0) is 14.6. The van der Waals surface area contributed by atoms with Crippen LogP contribution in [0.1, 0.15) is 25.8 Å². The molecule has 20 heavy (non-hydrogen) atoms. The molecule has 0 saturated carbocycles. The SMILES string of the molecule is CCOc1cccc(C2=CCC(N)(N)C=C2)c1OCC. The van der Waals surface area contributed by atoms with E-state index in [1.807, 2.05) is 50.3 Å². The zero-order valence-corrected chi connectivity index (χ0v) is 12.1. The van der Waals surface area contributed by atoms with E-state index in [4.69, 9.17) is 20.9 Å². The van der Waals surface area contributed by atoms with Crippen LogP contribution >= 0.6 is 0 Å². The molecule has 4 heteroatoms. The molecule has 0 amide bonds. The summed E-state index contributed by atoms with van der Waals surface area (Å²) in [4.78, 5) is 0. The summed E-state index contributed by atoms with van der Waals surface area (Å²) < 4.78 is 11.4. The maximum absolute atomic E-state index is 5.88. The van der Waals surface area contributed by atoms with E-state index in [1.165, 1.54) is 0 Å². The van der Waals surface area contributed by atoms with Gasteiger partial charge in [-0.2, -0.15) is 0 Å². The van der Waals surface area contributed by atoms with E-state index in [0.717, 1.165) is 22.6 Å². The summed E-state index contributed by atoms with van der Waals surface area (Å²) in [6, 6.07) is 5.90. The van der Waals surface area contributed by atoms with E-state index in [2.05, 4.69) is 0 Å². The largest absolute Gasteiger partial charge is 0.490 e. The van der Waals surface area contributed by atoms with Crippen LogP contribution < -0.4 is 20.9 Å². The average molecular weight is 274 g/mol. The zero-order valence-electron chi connectivity index (χ0n) is 12.1. The maximum Gasteiger partial charge on any atom is 0.168 e. The highest BCUT2D eigenvalue weighted by molar-refractivity contribution is 5.80. The lowest BCUT2D eigenvalue weighted by molar-refractivity contribution is 0.287. The van der Waals surface area contributed by atoms with Crippen molar-refractivity contribution in [3.8, 4) is 11.5 Å². The Morgan fingerprint density at radius 3 is 2.50 bits per heavy atom. The summed E-state index contributed by atoms with van der Waals surface area (Å²) in [6.45, 7) is 5.11. The normalized spacial score (nSPS) is 16.7. The molecule has 4 N–H and O–H groups in total. The van der Waals surface area contributed by atoms with Gasteiger partial charge in [0.2, 0.25) is 0 Å². The molecule has 0 unspecified atom stereocenters. The Labute approximate surface area is 120 Å². The monoisotopic (exact) mass is 274 g/mol. The predicted molar refractivity (Wildman–Crippen MR) is 81.6 cm³/mol. The summed E-state index contributed by atoms with van der Waals surface area (Å²) in [5.41, 5.74) is 13.1. The number of ether oxygens (including phenoxy) is 2. The minimum absolute atomic E-state index is 0.589. The van der Waals surface area contributed by atoms with Gasteiger partial charge in [-0.25, -0.2) is 0 Å². The van der Waals surface area contributed by atoms with Crippen LogP contribution in [0.25, 0.3) is 5.57 Å². The highest BCUT2D eigenvalue weighted by Gasteiger charge is 2.20. The second kappa shape index (κ2) is 6.11. The van der Waals surface area contributed by atoms with E-state index in [9.17, 15) is 0 Å². The number of benzene rings is 1. The number of nitrogens with two attached hydrogens (primary N) is 2. The number of hydrogen-bond donors (Lipinski definition) is 2. The number of rotatable bonds is 5. The first-order chi connectivity index (χ1) is 9.57. The van der Waals surface area contributed by atoms with Crippen molar-refractivity contribution in [2.45, 2.75) is 25.9 Å². The third kappa shape index (κ3) is 3.21. The van der Waals surface area contributed by atoms with Crippen LogP contribution in [0, 0.1) is 0 Å². The summed E-state index contributed by atoms with van der Waals surface area (Å²) in [7, 11) is 0. The van der Waals surface area contributed by atoms with Gasteiger partial charge in [0.25, 0.3) is 0 Å². The quantitative estimate of drug-likeness (QED) is 0.809. The Morgan fingerprint density at radius 1 is 1.15 bits per heavy atom. The molecule has 1 aromatic rings. The first-order valence-electron chi connectivity index (χ1n) is 6.93. The number of para-hydroxylation sites is 1. The van der Waals surface area contributed by atoms with Gasteiger partial charge in [-0.1, -0.05) is 24.3 Å². The third-order valence-electron chi connectivity index (χ3n) is 3.13. The van der Waals surface area contributed by atoms with Crippen LogP contribution in [0.5, 0.6) is 11.5 Å². The second-order valence-electron chi connectivity index (χ2n) is 4.81. The molecule has 0 atom stereocenters. The van der Waals surface area contributed by atoms with Crippen molar-refractivity contribution in [2.24, 2.45) is 11.5 Å². The van der Waals surface area contributed by atoms with Crippen molar-refractivity contribution in [3.63, 3.8) is 0 Å². The lowest BCUT2D eigenvalue weighted by Crippen LogP contribution is -2.47. The molecule has 1 aliphatic carbocycles. The van der Waals surface area contributed by atoms with E-state index in [0.29, 0.717) is 19.6 Å². The Balaban J connectivity index is 2.39. The topological polar surface area (TPSA) is 70.5 Å². The number of allylic oxidation sites excluding steroid dienone is 2. The molecule has 0 aliphatic heterocycles. The summed E-state index contributed by atoms with van der Waals surface area (Å²) in [5, 5.41) is 0. The van der Waals surface area contributed by atoms with Gasteiger partial charge in [0.15, 0.2) is 11.5 Å². The van der Waals surface area contributed by atoms with Crippen molar-refractivity contribution in [2.75, 3.05) is 13.2 Å². The van der Waals surface area contributed by atoms with Crippen molar-refractivity contribution in [1.82, 2.24) is 0 Å². The minimum atomic E-state index is -0.757. The van der Waals surface area contributed by atoms with E-state index >= 15 is 0 Å². The summed E-state index contributed by atoms with van der Waals surface area (Å²) >= 11 is 0. The molecule has 0 heterocycles. The first-order valence-corrected chi connectivity index (χ1v) is 6.93. The van der Waals surface area contributed by atoms with Gasteiger partial charge >= 0.3 is 0 Å². The fourth-order valence-electron chi connectivity index (χ4n) is 2.17. The fraction of sp³-hybridized carbons (Fsp3) is 0.375. The number of hydrogen-bond acceptors (Lipinski definition) is 4. The molecule has 1 aromatic carbocycles. The van der Waals surface area contributed by atoms with Crippen LogP contribution in [-0.4, -0.2) is 18.9 Å². The van der Waals surface area contributed by atoms with Gasteiger partial charge in [0.05, 0.1) is 18.9 Å². The Morgan fingerprint density at radius 2 is 1.90 bits per heavy atom. The van der Waals surface area contributed by atoms with Crippen molar-refractivity contribution in [3.05, 3.63) is 42.0 Å². The van der Waals surface area contributed by atoms with Crippen LogP contribution in [0.2, 0.25) is 0 Å². The molecule has 108 valence electrons. The van der Waals surface area contributed by atoms with Crippen molar-refractivity contribution in [1.29, 1.82) is 0 Å². The predicted octanol–water partition coefficient (Wildman–Crippen LogP) is 2.44. The van der Waals surface area contributed by atoms with Gasteiger partial charge in [-0.15, -0.1) is 0 Å².